The van der Waals surface area contributed by atoms with Crippen LogP contribution < -0.4 is 10.6 Å². The number of ketones is 1. The molecular formula is C21H27N3O5S2. The Hall–Kier alpha value is -2.56. The molecule has 1 heterocycles. The van der Waals surface area contributed by atoms with Crippen molar-refractivity contribution < 1.29 is 22.8 Å². The van der Waals surface area contributed by atoms with Crippen LogP contribution >= 0.6 is 11.3 Å². The lowest BCUT2D eigenvalue weighted by Gasteiger charge is -2.17. The lowest BCUT2D eigenvalue weighted by molar-refractivity contribution is -0.116. The molecule has 0 atom stereocenters. The molecule has 0 spiro atoms. The van der Waals surface area contributed by atoms with E-state index in [1.807, 2.05) is 13.8 Å². The molecule has 2 rings (SSSR count). The number of anilines is 1. The summed E-state index contributed by atoms with van der Waals surface area (Å²) in [6.45, 7) is 5.75. The molecule has 0 radical (unpaired) electrons. The highest BCUT2D eigenvalue weighted by Gasteiger charge is 2.21. The van der Waals surface area contributed by atoms with Crippen LogP contribution in [0.3, 0.4) is 0 Å². The average molecular weight is 466 g/mol. The van der Waals surface area contributed by atoms with Crippen molar-refractivity contribution in [2.24, 2.45) is 0 Å². The zero-order chi connectivity index (χ0) is 23.2. The number of hydrogen-bond acceptors (Lipinski definition) is 6. The third-order valence-electron chi connectivity index (χ3n) is 4.60. The Morgan fingerprint density at radius 2 is 1.77 bits per heavy atom. The third-order valence-corrected chi connectivity index (χ3v) is 7.52. The Morgan fingerprint density at radius 3 is 2.35 bits per heavy atom. The minimum absolute atomic E-state index is 0.0937. The van der Waals surface area contributed by atoms with E-state index in [0.29, 0.717) is 29.1 Å². The molecule has 2 aromatic rings. The maximum Gasteiger partial charge on any atom is 0.261 e. The van der Waals surface area contributed by atoms with Gasteiger partial charge in [-0.3, -0.25) is 14.4 Å². The fourth-order valence-electron chi connectivity index (χ4n) is 2.80. The van der Waals surface area contributed by atoms with E-state index in [-0.39, 0.29) is 35.5 Å². The van der Waals surface area contributed by atoms with Crippen molar-refractivity contribution in [2.75, 3.05) is 25.5 Å². The smallest absolute Gasteiger partial charge is 0.261 e. The topological polar surface area (TPSA) is 113 Å². The standard InChI is InChI=1S/C21H27N3O5S2/c1-5-22-21(27)19-13-18(15(3)30-19)23-20(26)7-6-12-24(4)31(28,29)17-10-8-16(9-11-17)14(2)25/h8-11,13H,5-7,12H2,1-4H3,(H,22,27)(H,23,26). The van der Waals surface area contributed by atoms with Gasteiger partial charge in [0.1, 0.15) is 0 Å². The van der Waals surface area contributed by atoms with Gasteiger partial charge in [-0.25, -0.2) is 12.7 Å². The highest BCUT2D eigenvalue weighted by molar-refractivity contribution is 7.89. The molecule has 0 aliphatic rings. The summed E-state index contributed by atoms with van der Waals surface area (Å²) in [5.74, 6) is -0.568. The lowest BCUT2D eigenvalue weighted by atomic mass is 10.2. The van der Waals surface area contributed by atoms with Crippen LogP contribution in [0, 0.1) is 6.92 Å². The number of aryl methyl sites for hydroxylation is 1. The molecule has 0 aliphatic heterocycles. The first-order valence-corrected chi connectivity index (χ1v) is 12.1. The van der Waals surface area contributed by atoms with Crippen molar-refractivity contribution in [1.82, 2.24) is 9.62 Å². The van der Waals surface area contributed by atoms with Crippen molar-refractivity contribution in [3.8, 4) is 0 Å². The number of hydrogen-bond donors (Lipinski definition) is 2. The number of carbonyl (C=O) groups excluding carboxylic acids is 3. The second-order valence-electron chi connectivity index (χ2n) is 7.00. The fraction of sp³-hybridized carbons (Fsp3) is 0.381. The van der Waals surface area contributed by atoms with Crippen molar-refractivity contribution in [2.45, 2.75) is 38.5 Å². The van der Waals surface area contributed by atoms with E-state index in [4.69, 9.17) is 0 Å². The lowest BCUT2D eigenvalue weighted by Crippen LogP contribution is -2.28. The van der Waals surface area contributed by atoms with Gasteiger partial charge in [0, 0.05) is 37.0 Å². The Balaban J connectivity index is 1.90. The molecule has 0 saturated carbocycles. The number of nitrogens with zero attached hydrogens (tertiary/aromatic N) is 1. The highest BCUT2D eigenvalue weighted by Crippen LogP contribution is 2.26. The molecule has 31 heavy (non-hydrogen) atoms. The van der Waals surface area contributed by atoms with Crippen LogP contribution in [-0.4, -0.2) is 50.5 Å². The van der Waals surface area contributed by atoms with Gasteiger partial charge in [-0.1, -0.05) is 12.1 Å². The molecule has 1 aromatic carbocycles. The van der Waals surface area contributed by atoms with E-state index in [9.17, 15) is 22.8 Å². The summed E-state index contributed by atoms with van der Waals surface area (Å²) in [6.07, 6.45) is 0.467. The van der Waals surface area contributed by atoms with Gasteiger partial charge in [0.05, 0.1) is 15.5 Å². The summed E-state index contributed by atoms with van der Waals surface area (Å²) in [7, 11) is -2.26. The second kappa shape index (κ2) is 10.7. The fourth-order valence-corrected chi connectivity index (χ4v) is 4.90. The van der Waals surface area contributed by atoms with Gasteiger partial charge < -0.3 is 10.6 Å². The number of carbonyl (C=O) groups is 3. The van der Waals surface area contributed by atoms with E-state index >= 15 is 0 Å². The third kappa shape index (κ3) is 6.46. The van der Waals surface area contributed by atoms with E-state index in [1.54, 1.807) is 6.07 Å². The summed E-state index contributed by atoms with van der Waals surface area (Å²) in [5.41, 5.74) is 1.03. The van der Waals surface area contributed by atoms with Crippen LogP contribution in [0.4, 0.5) is 5.69 Å². The number of Topliss-reactive ketones (excluding diaryl/α,β-unsaturated/α-hetero) is 1. The predicted molar refractivity (Wildman–Crippen MR) is 121 cm³/mol. The van der Waals surface area contributed by atoms with E-state index in [0.717, 1.165) is 4.88 Å². The van der Waals surface area contributed by atoms with Gasteiger partial charge in [-0.05, 0) is 45.4 Å². The van der Waals surface area contributed by atoms with Crippen LogP contribution in [0.5, 0.6) is 0 Å². The Bertz CT molecular complexity index is 1060. The summed E-state index contributed by atoms with van der Waals surface area (Å²) in [5, 5.41) is 5.50. The normalized spacial score (nSPS) is 11.4. The first-order chi connectivity index (χ1) is 14.6. The molecule has 168 valence electrons. The summed E-state index contributed by atoms with van der Waals surface area (Å²) < 4.78 is 26.5. The molecular weight excluding hydrogens is 438 g/mol. The number of nitrogens with one attached hydrogen (secondary N) is 2. The molecule has 0 aliphatic carbocycles. The van der Waals surface area contributed by atoms with Crippen LogP contribution in [0.1, 0.15) is 51.6 Å². The van der Waals surface area contributed by atoms with Crippen LogP contribution in [-0.2, 0) is 14.8 Å². The van der Waals surface area contributed by atoms with E-state index < -0.39 is 10.0 Å². The van der Waals surface area contributed by atoms with Crippen molar-refractivity contribution in [1.29, 1.82) is 0 Å². The molecule has 0 saturated heterocycles. The van der Waals surface area contributed by atoms with Gasteiger partial charge in [0.25, 0.3) is 5.91 Å². The zero-order valence-electron chi connectivity index (χ0n) is 18.0. The number of sulfonamides is 1. The van der Waals surface area contributed by atoms with Crippen LogP contribution in [0.15, 0.2) is 35.2 Å². The molecule has 1 aromatic heterocycles. The minimum Gasteiger partial charge on any atom is -0.352 e. The summed E-state index contributed by atoms with van der Waals surface area (Å²) in [6, 6.07) is 7.41. The molecule has 0 unspecified atom stereocenters. The van der Waals surface area contributed by atoms with Crippen LogP contribution in [0.2, 0.25) is 0 Å². The van der Waals surface area contributed by atoms with Gasteiger partial charge in [-0.15, -0.1) is 11.3 Å². The van der Waals surface area contributed by atoms with Crippen molar-refractivity contribution in [3.05, 3.63) is 45.6 Å². The zero-order valence-corrected chi connectivity index (χ0v) is 19.7. The van der Waals surface area contributed by atoms with E-state index in [1.165, 1.54) is 53.9 Å². The molecule has 0 fully saturated rings. The SMILES string of the molecule is CCNC(=O)c1cc(NC(=O)CCCN(C)S(=O)(=O)c2ccc(C(C)=O)cc2)c(C)s1. The monoisotopic (exact) mass is 465 g/mol. The quantitative estimate of drug-likeness (QED) is 0.524. The maximum absolute atomic E-state index is 12.6. The second-order valence-corrected chi connectivity index (χ2v) is 10.3. The molecule has 8 nitrogen and oxygen atoms in total. The van der Waals surface area contributed by atoms with Gasteiger partial charge in [0.2, 0.25) is 15.9 Å². The molecule has 0 bridgehead atoms. The van der Waals surface area contributed by atoms with Gasteiger partial charge in [0.15, 0.2) is 5.78 Å². The minimum atomic E-state index is -3.71. The number of benzene rings is 1. The Morgan fingerprint density at radius 1 is 1.13 bits per heavy atom. The number of amides is 2. The van der Waals surface area contributed by atoms with Crippen molar-refractivity contribution >= 4 is 44.6 Å². The summed E-state index contributed by atoms with van der Waals surface area (Å²) >= 11 is 1.30. The number of rotatable bonds is 10. The number of thiophene rings is 1. The predicted octanol–water partition coefficient (Wildman–Crippen LogP) is 3.05. The van der Waals surface area contributed by atoms with Gasteiger partial charge in [-0.2, -0.15) is 0 Å². The first kappa shape index (κ1) is 24.7. The first-order valence-electron chi connectivity index (χ1n) is 9.82. The highest BCUT2D eigenvalue weighted by atomic mass is 32.2. The Labute approximate surface area is 186 Å². The summed E-state index contributed by atoms with van der Waals surface area (Å²) in [4.78, 5) is 37.0. The molecule has 2 amide bonds. The molecule has 2 N–H and O–H groups in total. The molecule has 10 heteroatoms. The van der Waals surface area contributed by atoms with Crippen LogP contribution in [0.25, 0.3) is 0 Å². The Kier molecular flexibility index (Phi) is 8.49. The largest absolute Gasteiger partial charge is 0.352 e. The van der Waals surface area contributed by atoms with Gasteiger partial charge >= 0.3 is 0 Å². The average Bonchev–Trinajstić information content (AvgIpc) is 3.08. The van der Waals surface area contributed by atoms with Crippen molar-refractivity contribution in [3.63, 3.8) is 0 Å². The van der Waals surface area contributed by atoms with E-state index in [2.05, 4.69) is 10.6 Å². The maximum atomic E-state index is 12.6.